The third-order valence-electron chi connectivity index (χ3n) is 3.12. The second-order valence-corrected chi connectivity index (χ2v) is 4.83. The molecule has 0 bridgehead atoms. The van der Waals surface area contributed by atoms with Crippen molar-refractivity contribution < 1.29 is 9.13 Å². The Kier molecular flexibility index (Phi) is 5.74. The molecule has 0 radical (unpaired) electrons. The van der Waals surface area contributed by atoms with Gasteiger partial charge in [-0.15, -0.1) is 0 Å². The fourth-order valence-corrected chi connectivity index (χ4v) is 1.75. The van der Waals surface area contributed by atoms with Gasteiger partial charge in [-0.3, -0.25) is 4.99 Å². The first-order chi connectivity index (χ1) is 11.1. The highest BCUT2D eigenvalue weighted by Gasteiger charge is 2.03. The highest BCUT2D eigenvalue weighted by Crippen LogP contribution is 2.18. The molecular formula is C16H18FN5O. The molecule has 120 valence electrons. The number of benzene rings is 1. The minimum atomic E-state index is -0.301. The zero-order valence-corrected chi connectivity index (χ0v) is 13.0. The second-order valence-electron chi connectivity index (χ2n) is 4.83. The lowest BCUT2D eigenvalue weighted by atomic mass is 10.2. The van der Waals surface area contributed by atoms with Crippen LogP contribution in [0.2, 0.25) is 0 Å². The number of aryl methyl sites for hydroxylation is 2. The van der Waals surface area contributed by atoms with E-state index in [0.717, 1.165) is 17.5 Å². The summed E-state index contributed by atoms with van der Waals surface area (Å²) in [6.45, 7) is 3.88. The van der Waals surface area contributed by atoms with Gasteiger partial charge in [-0.2, -0.15) is 5.10 Å². The fraction of sp³-hybridized carbons (Fsp3) is 0.250. The Hall–Kier alpha value is -2.83. The van der Waals surface area contributed by atoms with E-state index in [1.54, 1.807) is 25.4 Å². The first kappa shape index (κ1) is 16.5. The second kappa shape index (κ2) is 7.98. The predicted molar refractivity (Wildman–Crippen MR) is 87.8 cm³/mol. The summed E-state index contributed by atoms with van der Waals surface area (Å²) in [7, 11) is 0. The Morgan fingerprint density at radius 1 is 1.35 bits per heavy atom. The average Bonchev–Trinajstić information content (AvgIpc) is 2.57. The number of nitrogens with two attached hydrogens (primary N) is 1. The summed E-state index contributed by atoms with van der Waals surface area (Å²) in [5, 5.41) is 3.61. The van der Waals surface area contributed by atoms with E-state index < -0.39 is 0 Å². The van der Waals surface area contributed by atoms with Gasteiger partial charge in [-0.25, -0.2) is 14.4 Å². The van der Waals surface area contributed by atoms with Gasteiger partial charge in [-0.05, 0) is 42.7 Å². The molecule has 0 fully saturated rings. The largest absolute Gasteiger partial charge is 0.457 e. The Balaban J connectivity index is 1.98. The molecule has 2 aromatic rings. The van der Waals surface area contributed by atoms with Gasteiger partial charge in [0.25, 0.3) is 0 Å². The van der Waals surface area contributed by atoms with Crippen molar-refractivity contribution in [2.45, 2.75) is 20.3 Å². The maximum atomic E-state index is 13.0. The predicted octanol–water partition coefficient (Wildman–Crippen LogP) is 2.58. The number of hydrogen-bond donors (Lipinski definition) is 1. The topological polar surface area (TPSA) is 85.8 Å². The maximum Gasteiger partial charge on any atom is 0.316 e. The first-order valence-electron chi connectivity index (χ1n) is 7.13. The summed E-state index contributed by atoms with van der Waals surface area (Å²) in [6, 6.07) is 4.59. The minimum absolute atomic E-state index is 0.0890. The summed E-state index contributed by atoms with van der Waals surface area (Å²) < 4.78 is 18.5. The van der Waals surface area contributed by atoms with E-state index in [4.69, 9.17) is 10.6 Å². The Labute approximate surface area is 133 Å². The standard InChI is InChI=1S/C16H18FN5O/c1-3-12-7-20-16(21-8-12)23-10-14(22-18)9-19-15-5-4-13(17)6-11(15)2/h4-9H,3,10,18H2,1-2H3. The molecule has 6 nitrogen and oxygen atoms in total. The van der Waals surface area contributed by atoms with Crippen molar-refractivity contribution in [1.82, 2.24) is 9.97 Å². The van der Waals surface area contributed by atoms with Crippen LogP contribution in [-0.4, -0.2) is 28.5 Å². The van der Waals surface area contributed by atoms with Gasteiger partial charge in [0.15, 0.2) is 0 Å². The van der Waals surface area contributed by atoms with E-state index in [-0.39, 0.29) is 18.4 Å². The molecule has 0 aliphatic carbocycles. The van der Waals surface area contributed by atoms with Crippen molar-refractivity contribution in [1.29, 1.82) is 0 Å². The van der Waals surface area contributed by atoms with Crippen LogP contribution in [0.5, 0.6) is 6.01 Å². The van der Waals surface area contributed by atoms with Gasteiger partial charge in [0, 0.05) is 12.4 Å². The SMILES string of the molecule is CCc1cnc(OCC(C=Nc2ccc(F)cc2C)=NN)nc1. The Morgan fingerprint density at radius 2 is 2.09 bits per heavy atom. The van der Waals surface area contributed by atoms with Crippen molar-refractivity contribution in [3.05, 3.63) is 47.5 Å². The Morgan fingerprint density at radius 3 is 2.70 bits per heavy atom. The normalized spacial score (nSPS) is 11.9. The van der Waals surface area contributed by atoms with Crippen molar-refractivity contribution in [3.8, 4) is 6.01 Å². The lowest BCUT2D eigenvalue weighted by molar-refractivity contribution is 0.346. The van der Waals surface area contributed by atoms with Crippen LogP contribution < -0.4 is 10.6 Å². The molecule has 1 aromatic heterocycles. The number of aliphatic imine (C=N–C) groups is 1. The van der Waals surface area contributed by atoms with Crippen LogP contribution in [0.4, 0.5) is 10.1 Å². The third kappa shape index (κ3) is 4.84. The minimum Gasteiger partial charge on any atom is -0.457 e. The van der Waals surface area contributed by atoms with E-state index in [1.165, 1.54) is 18.3 Å². The van der Waals surface area contributed by atoms with E-state index in [9.17, 15) is 4.39 Å². The Bertz CT molecular complexity index is 713. The van der Waals surface area contributed by atoms with Crippen molar-refractivity contribution in [2.75, 3.05) is 6.61 Å². The molecule has 2 N–H and O–H groups in total. The molecule has 1 aromatic carbocycles. The molecule has 0 spiro atoms. The number of aromatic nitrogens is 2. The van der Waals surface area contributed by atoms with E-state index in [2.05, 4.69) is 20.1 Å². The highest BCUT2D eigenvalue weighted by molar-refractivity contribution is 6.31. The molecule has 0 saturated carbocycles. The van der Waals surface area contributed by atoms with Gasteiger partial charge in [0.05, 0.1) is 11.9 Å². The molecule has 1 heterocycles. The summed E-state index contributed by atoms with van der Waals surface area (Å²) in [5.74, 6) is 5.02. The first-order valence-corrected chi connectivity index (χ1v) is 7.13. The monoisotopic (exact) mass is 315 g/mol. The number of hydrogen-bond acceptors (Lipinski definition) is 6. The fourth-order valence-electron chi connectivity index (χ4n) is 1.75. The summed E-state index contributed by atoms with van der Waals surface area (Å²) in [6.07, 6.45) is 5.75. The number of rotatable bonds is 6. The molecule has 0 aliphatic rings. The van der Waals surface area contributed by atoms with Crippen LogP contribution in [0.3, 0.4) is 0 Å². The van der Waals surface area contributed by atoms with Gasteiger partial charge >= 0.3 is 6.01 Å². The lowest BCUT2D eigenvalue weighted by Gasteiger charge is -2.04. The molecule has 0 amide bonds. The number of ether oxygens (including phenoxy) is 1. The zero-order chi connectivity index (χ0) is 16.7. The molecule has 0 unspecified atom stereocenters. The molecular weight excluding hydrogens is 297 g/mol. The van der Waals surface area contributed by atoms with Crippen LogP contribution in [-0.2, 0) is 6.42 Å². The smallest absolute Gasteiger partial charge is 0.316 e. The molecule has 23 heavy (non-hydrogen) atoms. The number of halogens is 1. The van der Waals surface area contributed by atoms with Crippen molar-refractivity contribution >= 4 is 17.6 Å². The lowest BCUT2D eigenvalue weighted by Crippen LogP contribution is -2.16. The van der Waals surface area contributed by atoms with Gasteiger partial charge in [0.2, 0.25) is 0 Å². The number of hydrazone groups is 1. The summed E-state index contributed by atoms with van der Waals surface area (Å²) >= 11 is 0. The van der Waals surface area contributed by atoms with Crippen LogP contribution >= 0.6 is 0 Å². The van der Waals surface area contributed by atoms with Crippen LogP contribution in [0.15, 0.2) is 40.7 Å². The van der Waals surface area contributed by atoms with Crippen molar-refractivity contribution in [3.63, 3.8) is 0 Å². The van der Waals surface area contributed by atoms with Crippen molar-refractivity contribution in [2.24, 2.45) is 15.9 Å². The van der Waals surface area contributed by atoms with Gasteiger partial charge in [-0.1, -0.05) is 6.92 Å². The molecule has 0 aliphatic heterocycles. The molecule has 2 rings (SSSR count). The number of nitrogens with zero attached hydrogens (tertiary/aromatic N) is 4. The molecule has 0 saturated heterocycles. The van der Waals surface area contributed by atoms with Crippen LogP contribution in [0.1, 0.15) is 18.1 Å². The summed E-state index contributed by atoms with van der Waals surface area (Å²) in [4.78, 5) is 12.4. The summed E-state index contributed by atoms with van der Waals surface area (Å²) in [5.41, 5.74) is 2.79. The zero-order valence-electron chi connectivity index (χ0n) is 13.0. The molecule has 7 heteroatoms. The van der Waals surface area contributed by atoms with E-state index in [1.807, 2.05) is 6.92 Å². The molecule has 0 atom stereocenters. The maximum absolute atomic E-state index is 13.0. The van der Waals surface area contributed by atoms with E-state index in [0.29, 0.717) is 11.4 Å². The van der Waals surface area contributed by atoms with Gasteiger partial charge in [0.1, 0.15) is 18.1 Å². The van der Waals surface area contributed by atoms with Crippen LogP contribution in [0.25, 0.3) is 0 Å². The van der Waals surface area contributed by atoms with E-state index >= 15 is 0 Å². The third-order valence-corrected chi connectivity index (χ3v) is 3.12. The van der Waals surface area contributed by atoms with Crippen LogP contribution in [0, 0.1) is 12.7 Å². The highest BCUT2D eigenvalue weighted by atomic mass is 19.1. The quantitative estimate of drug-likeness (QED) is 0.504. The average molecular weight is 315 g/mol. The van der Waals surface area contributed by atoms with Gasteiger partial charge < -0.3 is 10.6 Å².